The van der Waals surface area contributed by atoms with Crippen molar-refractivity contribution in [3.8, 4) is 17.9 Å². The average molecular weight is 325 g/mol. The fourth-order valence-corrected chi connectivity index (χ4v) is 4.24. The Morgan fingerprint density at radius 3 is 2.46 bits per heavy atom. The first-order valence-corrected chi connectivity index (χ1v) is 7.86. The van der Waals surface area contributed by atoms with E-state index in [-0.39, 0.29) is 5.84 Å². The van der Waals surface area contributed by atoms with Crippen LogP contribution in [0.2, 0.25) is 0 Å². The van der Waals surface area contributed by atoms with Crippen LogP contribution in [0.15, 0.2) is 24.3 Å². The Morgan fingerprint density at radius 1 is 1.25 bits per heavy atom. The van der Waals surface area contributed by atoms with Crippen LogP contribution in [-0.4, -0.2) is 31.6 Å². The molecule has 0 aromatic heterocycles. The molecule has 3 N–H and O–H groups in total. The maximum absolute atomic E-state index is 9.98. The van der Waals surface area contributed by atoms with Gasteiger partial charge in [-0.15, -0.1) is 0 Å². The first-order valence-electron chi connectivity index (χ1n) is 7.86. The summed E-state index contributed by atoms with van der Waals surface area (Å²) >= 11 is 0. The minimum absolute atomic E-state index is 0.229. The summed E-state index contributed by atoms with van der Waals surface area (Å²) < 4.78 is 16.9. The summed E-state index contributed by atoms with van der Waals surface area (Å²) in [6.45, 7) is 3.18. The molecule has 1 saturated heterocycles. The summed E-state index contributed by atoms with van der Waals surface area (Å²) in [7, 11) is 0. The number of nitrogens with zero attached hydrogens (tertiary/aromatic N) is 2. The number of nitrogens with two attached hydrogens (primary N) is 1. The Morgan fingerprint density at radius 2 is 1.92 bits per heavy atom. The summed E-state index contributed by atoms with van der Waals surface area (Å²) in [6.07, 6.45) is 0. The molecular formula is C17H17N4O3+. The number of fused-ring (bicyclic) bond motifs is 2. The predicted molar refractivity (Wildman–Crippen MR) is 81.2 cm³/mol. The van der Waals surface area contributed by atoms with Gasteiger partial charge in [-0.3, -0.25) is 5.73 Å². The van der Waals surface area contributed by atoms with Gasteiger partial charge < -0.3 is 14.2 Å². The van der Waals surface area contributed by atoms with Gasteiger partial charge in [-0.2, -0.15) is 10.5 Å². The van der Waals surface area contributed by atoms with E-state index >= 15 is 0 Å². The molecule has 0 amide bonds. The summed E-state index contributed by atoms with van der Waals surface area (Å²) in [4.78, 5) is 2.92. The van der Waals surface area contributed by atoms with Gasteiger partial charge in [0, 0.05) is 5.92 Å². The molecule has 0 unspecified atom stereocenters. The highest BCUT2D eigenvalue weighted by Gasteiger charge is 2.97. The molecule has 0 bridgehead atoms. The van der Waals surface area contributed by atoms with Crippen LogP contribution in [-0.2, 0) is 9.47 Å². The van der Waals surface area contributed by atoms with Crippen molar-refractivity contribution >= 4 is 5.84 Å². The van der Waals surface area contributed by atoms with Gasteiger partial charge in [0.05, 0.1) is 32.0 Å². The van der Waals surface area contributed by atoms with Crippen molar-refractivity contribution in [1.82, 2.24) is 0 Å². The topological polar surface area (TPSA) is 115 Å². The van der Waals surface area contributed by atoms with Crippen molar-refractivity contribution in [3.63, 3.8) is 0 Å². The molecule has 1 aromatic rings. The first kappa shape index (κ1) is 14.9. The maximum atomic E-state index is 9.98. The lowest BCUT2D eigenvalue weighted by atomic mass is 9.94. The van der Waals surface area contributed by atoms with Crippen LogP contribution in [0.1, 0.15) is 18.4 Å². The second-order valence-electron chi connectivity index (χ2n) is 6.13. The Bertz CT molecular complexity index is 801. The van der Waals surface area contributed by atoms with Crippen molar-refractivity contribution in [3.05, 3.63) is 29.8 Å². The highest BCUT2D eigenvalue weighted by molar-refractivity contribution is 5.95. The van der Waals surface area contributed by atoms with Gasteiger partial charge in [0.15, 0.2) is 10.8 Å². The Kier molecular flexibility index (Phi) is 2.93. The maximum Gasteiger partial charge on any atom is 0.343 e. The molecule has 2 heterocycles. The highest BCUT2D eigenvalue weighted by Crippen LogP contribution is 2.79. The number of amidine groups is 1. The Labute approximate surface area is 139 Å². The molecule has 24 heavy (non-hydrogen) atoms. The van der Waals surface area contributed by atoms with Gasteiger partial charge in [0.25, 0.3) is 5.84 Å². The van der Waals surface area contributed by atoms with E-state index in [1.165, 1.54) is 0 Å². The minimum atomic E-state index is -1.36. The van der Waals surface area contributed by atoms with E-state index in [0.29, 0.717) is 19.8 Å². The monoisotopic (exact) mass is 325 g/mol. The zero-order valence-corrected chi connectivity index (χ0v) is 13.2. The third kappa shape index (κ3) is 1.40. The normalized spacial score (nSPS) is 35.0. The largest absolute Gasteiger partial charge is 0.494 e. The van der Waals surface area contributed by atoms with Gasteiger partial charge >= 0.3 is 5.91 Å². The molecule has 7 nitrogen and oxygen atoms in total. The van der Waals surface area contributed by atoms with Gasteiger partial charge in [-0.1, -0.05) is 12.1 Å². The van der Waals surface area contributed by atoms with Crippen molar-refractivity contribution in [2.45, 2.75) is 18.8 Å². The number of ether oxygens (including phenoxy) is 3. The number of nitrogens with one attached hydrogen (secondary N) is 1. The molecule has 0 radical (unpaired) electrons. The zero-order chi connectivity index (χ0) is 17.0. The van der Waals surface area contributed by atoms with E-state index in [0.717, 1.165) is 11.3 Å². The second kappa shape index (κ2) is 4.70. The molecule has 2 aliphatic heterocycles. The molecule has 1 aromatic carbocycles. The van der Waals surface area contributed by atoms with Crippen LogP contribution in [0.4, 0.5) is 0 Å². The molecule has 122 valence electrons. The van der Waals surface area contributed by atoms with Crippen LogP contribution in [0.3, 0.4) is 0 Å². The third-order valence-corrected chi connectivity index (χ3v) is 5.22. The predicted octanol–water partition coefficient (Wildman–Crippen LogP) is -0.646. The van der Waals surface area contributed by atoms with E-state index in [2.05, 4.69) is 17.1 Å². The molecule has 1 saturated carbocycles. The SMILES string of the molecule is CCOc1ccc([C@H]2[C@]3(C#N)C(N)=[NH+]C4(OCCO4)[C@]23C#N)cc1. The Hall–Kier alpha value is -2.61. The van der Waals surface area contributed by atoms with Crippen molar-refractivity contribution in [2.75, 3.05) is 19.8 Å². The zero-order valence-electron chi connectivity index (χ0n) is 13.2. The smallest absolute Gasteiger partial charge is 0.343 e. The fraction of sp³-hybridized carbons (Fsp3) is 0.471. The van der Waals surface area contributed by atoms with Crippen LogP contribution in [0.25, 0.3) is 0 Å². The van der Waals surface area contributed by atoms with Gasteiger partial charge in [0.2, 0.25) is 0 Å². The van der Waals surface area contributed by atoms with Crippen LogP contribution < -0.4 is 15.5 Å². The molecule has 7 heteroatoms. The number of benzene rings is 1. The Balaban J connectivity index is 1.82. The number of hydrogen-bond donors (Lipinski definition) is 2. The lowest BCUT2D eigenvalue weighted by Crippen LogP contribution is -2.89. The highest BCUT2D eigenvalue weighted by atomic mass is 16.8. The number of nitriles is 2. The molecule has 4 rings (SSSR count). The molecule has 3 atom stereocenters. The molecular weight excluding hydrogens is 308 g/mol. The van der Waals surface area contributed by atoms with Crippen molar-refractivity contribution in [1.29, 1.82) is 10.5 Å². The van der Waals surface area contributed by atoms with E-state index in [1.54, 1.807) is 0 Å². The second-order valence-corrected chi connectivity index (χ2v) is 6.13. The number of rotatable bonds is 3. The van der Waals surface area contributed by atoms with E-state index < -0.39 is 22.7 Å². The molecule has 3 aliphatic rings. The van der Waals surface area contributed by atoms with E-state index in [4.69, 9.17) is 19.9 Å². The summed E-state index contributed by atoms with van der Waals surface area (Å²) in [5.41, 5.74) is 4.60. The standard InChI is InChI=1S/C17H16N4O3/c1-2-22-12-5-3-11(4-6-12)13-15(9-18)14(20)21-17(16(13,15)10-19)23-7-8-24-17/h3-6,13H,2,7-8H2,1H3,(H2,20,21)/p+1/t13-,15+,16+/m0/s1. The van der Waals surface area contributed by atoms with Gasteiger partial charge in [-0.05, 0) is 24.6 Å². The summed E-state index contributed by atoms with van der Waals surface area (Å²) in [6, 6.07) is 11.9. The van der Waals surface area contributed by atoms with Gasteiger partial charge in [-0.25, -0.2) is 4.99 Å². The van der Waals surface area contributed by atoms with Crippen molar-refractivity contribution < 1.29 is 19.2 Å². The first-order chi connectivity index (χ1) is 11.6. The average Bonchev–Trinajstić information content (AvgIpc) is 2.84. The van der Waals surface area contributed by atoms with Crippen LogP contribution >= 0.6 is 0 Å². The van der Waals surface area contributed by atoms with Crippen LogP contribution in [0, 0.1) is 33.5 Å². The van der Waals surface area contributed by atoms with E-state index in [9.17, 15) is 10.5 Å². The van der Waals surface area contributed by atoms with Crippen LogP contribution in [0.5, 0.6) is 5.75 Å². The third-order valence-electron chi connectivity index (χ3n) is 5.22. The molecule has 2 fully saturated rings. The molecule has 1 spiro atoms. The summed E-state index contributed by atoms with van der Waals surface area (Å²) in [5, 5.41) is 19.9. The lowest BCUT2D eigenvalue weighted by molar-refractivity contribution is -0.676. The fourth-order valence-electron chi connectivity index (χ4n) is 4.24. The van der Waals surface area contributed by atoms with Gasteiger partial charge in [0.1, 0.15) is 5.75 Å². The molecule has 1 aliphatic carbocycles. The summed E-state index contributed by atoms with van der Waals surface area (Å²) in [5.74, 6) is -0.810. The van der Waals surface area contributed by atoms with Crippen molar-refractivity contribution in [2.24, 2.45) is 16.6 Å². The number of hydrogen-bond acceptors (Lipinski definition) is 6. The quantitative estimate of drug-likeness (QED) is 0.763. The lowest BCUT2D eigenvalue weighted by Gasteiger charge is -2.23. The van der Waals surface area contributed by atoms with E-state index in [1.807, 2.05) is 31.2 Å². The minimum Gasteiger partial charge on any atom is -0.494 e.